The van der Waals surface area contributed by atoms with Crippen LogP contribution in [0.5, 0.6) is 34.5 Å². The van der Waals surface area contributed by atoms with Gasteiger partial charge < -0.3 is 35.5 Å². The average molecular weight is 948 g/mol. The third-order valence-corrected chi connectivity index (χ3v) is 15.8. The molecule has 0 bridgehead atoms. The van der Waals surface area contributed by atoms with Gasteiger partial charge in [-0.3, -0.25) is 4.79 Å². The Labute approximate surface area is 416 Å². The molecule has 3 aliphatic carbocycles. The maximum Gasteiger partial charge on any atom is 0.219 e. The van der Waals surface area contributed by atoms with E-state index in [-0.39, 0.29) is 58.2 Å². The minimum Gasteiger partial charge on any atom is -0.507 e. The summed E-state index contributed by atoms with van der Waals surface area (Å²) in [5.74, 6) is 5.18. The second kappa shape index (κ2) is 24.8. The van der Waals surface area contributed by atoms with Gasteiger partial charge in [0.25, 0.3) is 0 Å². The van der Waals surface area contributed by atoms with Crippen LogP contribution in [0.1, 0.15) is 192 Å². The monoisotopic (exact) mass is 948 g/mol. The Morgan fingerprint density at radius 2 is 0.841 bits per heavy atom. The highest BCUT2D eigenvalue weighted by Crippen LogP contribution is 2.50. The van der Waals surface area contributed by atoms with Crippen molar-refractivity contribution >= 4 is 5.91 Å². The van der Waals surface area contributed by atoms with Crippen molar-refractivity contribution in [2.45, 2.75) is 178 Å². The number of likely N-dealkylation sites (tertiary alicyclic amines) is 1. The molecular weight excluding hydrogens is 859 g/mol. The van der Waals surface area contributed by atoms with E-state index in [1.54, 1.807) is 19.1 Å². The number of phenols is 6. The molecule has 380 valence electrons. The summed E-state index contributed by atoms with van der Waals surface area (Å²) in [6.45, 7) is 27.1. The highest BCUT2D eigenvalue weighted by Gasteiger charge is 2.35. The van der Waals surface area contributed by atoms with Crippen LogP contribution in [-0.2, 0) is 24.1 Å². The molecule has 1 aliphatic heterocycles. The Morgan fingerprint density at radius 3 is 1.13 bits per heavy atom. The molecule has 6 unspecified atom stereocenters. The molecule has 1 saturated heterocycles. The molecule has 1 heterocycles. The number of unbranched alkanes of at least 4 members (excludes halogenated alkanes) is 1. The molecule has 3 aromatic rings. The summed E-state index contributed by atoms with van der Waals surface area (Å²) in [4.78, 5) is 13.1. The van der Waals surface area contributed by atoms with E-state index in [4.69, 9.17) is 0 Å². The van der Waals surface area contributed by atoms with E-state index in [1.165, 1.54) is 16.7 Å². The van der Waals surface area contributed by atoms with E-state index in [2.05, 4.69) is 94.4 Å². The summed E-state index contributed by atoms with van der Waals surface area (Å²) < 4.78 is 0. The lowest BCUT2D eigenvalue weighted by molar-refractivity contribution is -0.134. The average Bonchev–Trinajstić information content (AvgIpc) is 3.23. The molecule has 7 rings (SSSR count). The highest BCUT2D eigenvalue weighted by atomic mass is 16.3. The molecule has 0 spiro atoms. The van der Waals surface area contributed by atoms with Gasteiger partial charge in [-0.1, -0.05) is 103 Å². The number of carbonyl (C=O) groups excluding carboxylic acids is 1. The van der Waals surface area contributed by atoms with Gasteiger partial charge in [0.15, 0.2) is 0 Å². The summed E-state index contributed by atoms with van der Waals surface area (Å²) in [5.41, 5.74) is 9.12. The number of nitrogens with zero attached hydrogens (tertiary/aromatic N) is 1. The van der Waals surface area contributed by atoms with Crippen molar-refractivity contribution in [2.75, 3.05) is 13.1 Å². The predicted octanol–water partition coefficient (Wildman–Crippen LogP) is 14.9. The van der Waals surface area contributed by atoms with Gasteiger partial charge in [-0.25, -0.2) is 0 Å². The smallest absolute Gasteiger partial charge is 0.219 e. The van der Waals surface area contributed by atoms with Gasteiger partial charge in [0.2, 0.25) is 5.91 Å². The number of amides is 1. The van der Waals surface area contributed by atoms with E-state index >= 15 is 0 Å². The Kier molecular flexibility index (Phi) is 19.8. The lowest BCUT2D eigenvalue weighted by Crippen LogP contribution is -2.49. The quantitative estimate of drug-likeness (QED) is 0.0937. The third-order valence-electron chi connectivity index (χ3n) is 15.8. The van der Waals surface area contributed by atoms with Gasteiger partial charge in [-0.2, -0.15) is 0 Å². The number of allylic oxidation sites excluding steroid dienone is 6. The van der Waals surface area contributed by atoms with Crippen molar-refractivity contribution in [1.82, 2.24) is 4.90 Å². The first-order valence-corrected chi connectivity index (χ1v) is 26.5. The Balaban J connectivity index is 0.000000195. The molecule has 3 aromatic carbocycles. The summed E-state index contributed by atoms with van der Waals surface area (Å²) in [7, 11) is 0. The number of hydrogen-bond donors (Lipinski definition) is 6. The van der Waals surface area contributed by atoms with Gasteiger partial charge in [-0.15, -0.1) is 0 Å². The zero-order valence-electron chi connectivity index (χ0n) is 44.4. The number of aromatic hydroxyl groups is 6. The fourth-order valence-corrected chi connectivity index (χ4v) is 11.8. The van der Waals surface area contributed by atoms with Gasteiger partial charge in [0.05, 0.1) is 0 Å². The van der Waals surface area contributed by atoms with Gasteiger partial charge >= 0.3 is 0 Å². The van der Waals surface area contributed by atoms with Crippen LogP contribution in [0, 0.1) is 41.4 Å². The predicted molar refractivity (Wildman–Crippen MR) is 284 cm³/mol. The third kappa shape index (κ3) is 14.2. The number of benzene rings is 3. The van der Waals surface area contributed by atoms with Gasteiger partial charge in [0, 0.05) is 54.5 Å². The van der Waals surface area contributed by atoms with Crippen LogP contribution in [0.2, 0.25) is 0 Å². The summed E-state index contributed by atoms with van der Waals surface area (Å²) in [6.07, 6.45) is 19.1. The first kappa shape index (κ1) is 55.1. The highest BCUT2D eigenvalue weighted by molar-refractivity contribution is 5.74. The Morgan fingerprint density at radius 1 is 0.522 bits per heavy atom. The normalized spacial score (nSPS) is 22.8. The van der Waals surface area contributed by atoms with Crippen molar-refractivity contribution in [3.63, 3.8) is 0 Å². The molecule has 6 N–H and O–H groups in total. The molecule has 8 nitrogen and oxygen atoms in total. The SMILES string of the molecule is CC(=O)N1CC(Cc2cc(O)c(C3C=C(C)CCC3C(C)C)c(O)c2)C1.CCCCc1cc(O)c(C2C=C(C)CCC2C(C)C)c(O)c1.CCCc1cc(O)c(C2C=C(C)CCC2C(C)C)c(O)c1. The molecule has 6 atom stereocenters. The number of phenolic OH excluding ortho intramolecular Hbond substituents is 6. The Hall–Kier alpha value is -4.85. The van der Waals surface area contributed by atoms with Crippen LogP contribution < -0.4 is 0 Å². The van der Waals surface area contributed by atoms with Crippen molar-refractivity contribution in [3.8, 4) is 34.5 Å². The zero-order valence-corrected chi connectivity index (χ0v) is 44.4. The fourth-order valence-electron chi connectivity index (χ4n) is 11.8. The standard InChI is InChI=1S/C22H31NO3.C20H30O2.C19H28O2/c1-13(2)18-6-5-14(3)7-19(18)22-20(25)9-16(10-21(22)26)8-17-11-23(12-17)15(4)24;1-5-6-7-15-11-18(21)20(19(22)12-15)17-10-14(4)8-9-16(17)13(2)3;1-5-6-14-10-17(20)19(18(21)11-14)16-9-13(4)7-8-15(16)12(2)3/h7,9-10,13,17-19,25-26H,5-6,8,11-12H2,1-4H3;10-13,16-17,21-22H,5-9H2,1-4H3;9-12,15-16,20-21H,5-8H2,1-4H3. The molecule has 0 aromatic heterocycles. The summed E-state index contributed by atoms with van der Waals surface area (Å²) in [5, 5.41) is 63.3. The molecule has 0 radical (unpaired) electrons. The molecule has 0 saturated carbocycles. The van der Waals surface area contributed by atoms with Crippen molar-refractivity contribution < 1.29 is 35.4 Å². The minimum atomic E-state index is 0.0645. The zero-order chi connectivity index (χ0) is 50.9. The van der Waals surface area contributed by atoms with E-state index in [9.17, 15) is 35.4 Å². The second-order valence-electron chi connectivity index (χ2n) is 22.4. The topological polar surface area (TPSA) is 142 Å². The van der Waals surface area contributed by atoms with E-state index in [0.717, 1.165) is 112 Å². The second-order valence-corrected chi connectivity index (χ2v) is 22.4. The molecule has 8 heteroatoms. The number of carbonyl (C=O) groups is 1. The number of aryl methyl sites for hydroxylation is 2. The first-order valence-electron chi connectivity index (χ1n) is 26.5. The van der Waals surface area contributed by atoms with Gasteiger partial charge in [0.1, 0.15) is 34.5 Å². The largest absolute Gasteiger partial charge is 0.507 e. The van der Waals surface area contributed by atoms with Crippen molar-refractivity contribution in [3.05, 3.63) is 105 Å². The lowest BCUT2D eigenvalue weighted by atomic mass is 9.71. The maximum absolute atomic E-state index is 11.3. The maximum atomic E-state index is 11.3. The fraction of sp³-hybridized carbons (Fsp3) is 0.590. The van der Waals surface area contributed by atoms with Crippen LogP contribution in [0.15, 0.2) is 71.3 Å². The van der Waals surface area contributed by atoms with Gasteiger partial charge in [-0.05, 0) is 179 Å². The van der Waals surface area contributed by atoms with Crippen molar-refractivity contribution in [1.29, 1.82) is 0 Å². The lowest BCUT2D eigenvalue weighted by Gasteiger charge is -2.39. The van der Waals surface area contributed by atoms with Crippen LogP contribution in [0.25, 0.3) is 0 Å². The van der Waals surface area contributed by atoms with Crippen LogP contribution in [0.4, 0.5) is 0 Å². The van der Waals surface area contributed by atoms with Crippen LogP contribution >= 0.6 is 0 Å². The number of hydrogen-bond acceptors (Lipinski definition) is 7. The minimum absolute atomic E-state index is 0.0645. The first-order chi connectivity index (χ1) is 32.6. The summed E-state index contributed by atoms with van der Waals surface area (Å²) in [6, 6.07) is 11.0. The van der Waals surface area contributed by atoms with Crippen molar-refractivity contribution in [2.24, 2.45) is 41.4 Å². The summed E-state index contributed by atoms with van der Waals surface area (Å²) >= 11 is 0. The molecule has 1 fully saturated rings. The van der Waals surface area contributed by atoms with E-state index in [1.807, 2.05) is 29.2 Å². The van der Waals surface area contributed by atoms with Crippen LogP contribution in [-0.4, -0.2) is 54.5 Å². The van der Waals surface area contributed by atoms with E-state index in [0.29, 0.717) is 52.6 Å². The molecular formula is C61H89NO7. The molecule has 1 amide bonds. The van der Waals surface area contributed by atoms with Crippen LogP contribution in [0.3, 0.4) is 0 Å². The number of rotatable bonds is 13. The van der Waals surface area contributed by atoms with E-state index < -0.39 is 0 Å². The molecule has 4 aliphatic rings. The molecule has 69 heavy (non-hydrogen) atoms. The Bertz CT molecular complexity index is 2220.